The normalized spacial score (nSPS) is 21.2. The molecule has 0 saturated carbocycles. The third kappa shape index (κ3) is 2.14. The summed E-state index contributed by atoms with van der Waals surface area (Å²) < 4.78 is 14.0. The van der Waals surface area contributed by atoms with Gasteiger partial charge in [-0.05, 0) is 13.3 Å². The van der Waals surface area contributed by atoms with Gasteiger partial charge in [-0.25, -0.2) is 14.4 Å². The monoisotopic (exact) mass is 224 g/mol. The zero-order valence-corrected chi connectivity index (χ0v) is 9.70. The van der Waals surface area contributed by atoms with Gasteiger partial charge in [0, 0.05) is 25.7 Å². The summed E-state index contributed by atoms with van der Waals surface area (Å²) in [7, 11) is 0. The number of anilines is 1. The van der Waals surface area contributed by atoms with Gasteiger partial charge in [-0.1, -0.05) is 6.92 Å². The number of rotatable bonds is 2. The standard InChI is InChI=1S/C11H17FN4/c1-3-9-10(12)11(15-7-14-9)16-5-4-13-8(2)6-16/h7-8,13H,3-6H2,1-2H3/t8-/m1/s1. The van der Waals surface area contributed by atoms with Crippen LogP contribution in [0.4, 0.5) is 10.2 Å². The first kappa shape index (κ1) is 11.3. The molecule has 1 N–H and O–H groups in total. The van der Waals surface area contributed by atoms with E-state index in [2.05, 4.69) is 22.2 Å². The third-order valence-corrected chi connectivity index (χ3v) is 2.85. The summed E-state index contributed by atoms with van der Waals surface area (Å²) in [6, 6.07) is 0.369. The predicted octanol–water partition coefficient (Wildman–Crippen LogP) is 0.976. The van der Waals surface area contributed by atoms with Gasteiger partial charge in [-0.3, -0.25) is 0 Å². The lowest BCUT2D eigenvalue weighted by Crippen LogP contribution is -2.49. The number of aryl methyl sites for hydroxylation is 1. The molecule has 0 unspecified atom stereocenters. The maximum Gasteiger partial charge on any atom is 0.187 e. The fourth-order valence-electron chi connectivity index (χ4n) is 1.99. The minimum atomic E-state index is -0.265. The Hall–Kier alpha value is -1.23. The van der Waals surface area contributed by atoms with Crippen LogP contribution in [-0.4, -0.2) is 35.6 Å². The van der Waals surface area contributed by atoms with Gasteiger partial charge < -0.3 is 10.2 Å². The van der Waals surface area contributed by atoms with Crippen LogP contribution >= 0.6 is 0 Å². The average Bonchev–Trinajstić information content (AvgIpc) is 2.29. The summed E-state index contributed by atoms with van der Waals surface area (Å²) in [6.07, 6.45) is 2.05. The average molecular weight is 224 g/mol. The second kappa shape index (κ2) is 4.74. The number of aromatic nitrogens is 2. The highest BCUT2D eigenvalue weighted by Gasteiger charge is 2.21. The van der Waals surface area contributed by atoms with Crippen molar-refractivity contribution in [2.45, 2.75) is 26.3 Å². The molecule has 2 heterocycles. The third-order valence-electron chi connectivity index (χ3n) is 2.85. The molecule has 1 aliphatic heterocycles. The fourth-order valence-corrected chi connectivity index (χ4v) is 1.99. The van der Waals surface area contributed by atoms with E-state index in [9.17, 15) is 4.39 Å². The van der Waals surface area contributed by atoms with Gasteiger partial charge in [0.05, 0.1) is 5.69 Å². The lowest BCUT2D eigenvalue weighted by molar-refractivity contribution is 0.472. The second-order valence-electron chi connectivity index (χ2n) is 4.11. The summed E-state index contributed by atoms with van der Waals surface area (Å²) in [5, 5.41) is 3.32. The molecule has 0 aromatic carbocycles. The van der Waals surface area contributed by atoms with Crippen LogP contribution in [0.15, 0.2) is 6.33 Å². The second-order valence-corrected chi connectivity index (χ2v) is 4.11. The Labute approximate surface area is 94.9 Å². The van der Waals surface area contributed by atoms with Crippen molar-refractivity contribution in [1.29, 1.82) is 0 Å². The summed E-state index contributed by atoms with van der Waals surface area (Å²) in [5.74, 6) is 0.180. The van der Waals surface area contributed by atoms with Crippen molar-refractivity contribution in [2.75, 3.05) is 24.5 Å². The Morgan fingerprint density at radius 1 is 1.56 bits per heavy atom. The van der Waals surface area contributed by atoms with Crippen LogP contribution < -0.4 is 10.2 Å². The number of nitrogens with one attached hydrogen (secondary N) is 1. The van der Waals surface area contributed by atoms with E-state index in [0.717, 1.165) is 19.6 Å². The van der Waals surface area contributed by atoms with E-state index in [1.807, 2.05) is 11.8 Å². The molecule has 1 atom stereocenters. The first-order valence-electron chi connectivity index (χ1n) is 5.70. The van der Waals surface area contributed by atoms with Gasteiger partial charge >= 0.3 is 0 Å². The minimum Gasteiger partial charge on any atom is -0.351 e. The van der Waals surface area contributed by atoms with E-state index < -0.39 is 0 Å². The number of nitrogens with zero attached hydrogens (tertiary/aromatic N) is 3. The van der Waals surface area contributed by atoms with Crippen molar-refractivity contribution >= 4 is 5.82 Å². The Balaban J connectivity index is 2.25. The Morgan fingerprint density at radius 2 is 2.38 bits per heavy atom. The lowest BCUT2D eigenvalue weighted by Gasteiger charge is -2.32. The molecule has 16 heavy (non-hydrogen) atoms. The van der Waals surface area contributed by atoms with E-state index in [4.69, 9.17) is 0 Å². The number of hydrogen-bond acceptors (Lipinski definition) is 4. The van der Waals surface area contributed by atoms with Crippen LogP contribution in [-0.2, 0) is 6.42 Å². The first-order chi connectivity index (χ1) is 7.72. The van der Waals surface area contributed by atoms with E-state index in [1.165, 1.54) is 6.33 Å². The quantitative estimate of drug-likeness (QED) is 0.813. The van der Waals surface area contributed by atoms with Crippen LogP contribution in [0, 0.1) is 5.82 Å². The van der Waals surface area contributed by atoms with Crippen LogP contribution in [0.2, 0.25) is 0 Å². The smallest absolute Gasteiger partial charge is 0.187 e. The maximum absolute atomic E-state index is 14.0. The van der Waals surface area contributed by atoms with E-state index in [1.54, 1.807) is 0 Å². The Bertz CT molecular complexity index is 369. The largest absolute Gasteiger partial charge is 0.351 e. The van der Waals surface area contributed by atoms with Gasteiger partial charge in [-0.2, -0.15) is 0 Å². The van der Waals surface area contributed by atoms with E-state index in [-0.39, 0.29) is 5.82 Å². The van der Waals surface area contributed by atoms with Crippen LogP contribution in [0.5, 0.6) is 0 Å². The number of halogens is 1. The molecule has 2 rings (SSSR count). The summed E-state index contributed by atoms with van der Waals surface area (Å²) >= 11 is 0. The van der Waals surface area contributed by atoms with Gasteiger partial charge in [0.2, 0.25) is 0 Å². The molecule has 88 valence electrons. The van der Waals surface area contributed by atoms with Gasteiger partial charge in [0.1, 0.15) is 6.33 Å². The van der Waals surface area contributed by atoms with Crippen molar-refractivity contribution in [2.24, 2.45) is 0 Å². The summed E-state index contributed by atoms with van der Waals surface area (Å²) in [5.41, 5.74) is 0.496. The molecule has 1 saturated heterocycles. The van der Waals surface area contributed by atoms with E-state index >= 15 is 0 Å². The van der Waals surface area contributed by atoms with Gasteiger partial charge in [0.15, 0.2) is 11.6 Å². The van der Waals surface area contributed by atoms with Crippen LogP contribution in [0.1, 0.15) is 19.5 Å². The van der Waals surface area contributed by atoms with Crippen molar-refractivity contribution in [1.82, 2.24) is 15.3 Å². The highest BCUT2D eigenvalue weighted by atomic mass is 19.1. The van der Waals surface area contributed by atoms with Gasteiger partial charge in [0.25, 0.3) is 0 Å². The molecular weight excluding hydrogens is 207 g/mol. The molecule has 0 amide bonds. The molecule has 0 spiro atoms. The summed E-state index contributed by atoms with van der Waals surface area (Å²) in [6.45, 7) is 6.44. The predicted molar refractivity (Wildman–Crippen MR) is 61.0 cm³/mol. The van der Waals surface area contributed by atoms with Crippen molar-refractivity contribution in [3.63, 3.8) is 0 Å². The fraction of sp³-hybridized carbons (Fsp3) is 0.636. The molecule has 5 heteroatoms. The minimum absolute atomic E-state index is 0.265. The molecule has 0 aliphatic carbocycles. The molecule has 0 radical (unpaired) electrons. The molecule has 1 fully saturated rings. The lowest BCUT2D eigenvalue weighted by atomic mass is 10.2. The SMILES string of the molecule is CCc1ncnc(N2CCN[C@H](C)C2)c1F. The number of piperazine rings is 1. The zero-order valence-electron chi connectivity index (χ0n) is 9.70. The van der Waals surface area contributed by atoms with Gasteiger partial charge in [-0.15, -0.1) is 0 Å². The number of hydrogen-bond donors (Lipinski definition) is 1. The Kier molecular flexibility index (Phi) is 3.33. The topological polar surface area (TPSA) is 41.1 Å². The van der Waals surface area contributed by atoms with Crippen LogP contribution in [0.25, 0.3) is 0 Å². The highest BCUT2D eigenvalue weighted by Crippen LogP contribution is 2.19. The Morgan fingerprint density at radius 3 is 3.06 bits per heavy atom. The maximum atomic E-state index is 14.0. The van der Waals surface area contributed by atoms with E-state index in [0.29, 0.717) is 24.0 Å². The van der Waals surface area contributed by atoms with Crippen molar-refractivity contribution < 1.29 is 4.39 Å². The highest BCUT2D eigenvalue weighted by molar-refractivity contribution is 5.41. The molecule has 1 aliphatic rings. The summed E-state index contributed by atoms with van der Waals surface area (Å²) in [4.78, 5) is 9.98. The molecule has 0 bridgehead atoms. The molecule has 1 aromatic heterocycles. The molecule has 4 nitrogen and oxygen atoms in total. The van der Waals surface area contributed by atoms with Crippen LogP contribution in [0.3, 0.4) is 0 Å². The molecule has 1 aromatic rings. The zero-order chi connectivity index (χ0) is 11.5. The molecular formula is C11H17FN4. The van der Waals surface area contributed by atoms with Crippen molar-refractivity contribution in [3.8, 4) is 0 Å². The van der Waals surface area contributed by atoms with Crippen molar-refractivity contribution in [3.05, 3.63) is 17.8 Å². The first-order valence-corrected chi connectivity index (χ1v) is 5.70.